The van der Waals surface area contributed by atoms with Gasteiger partial charge in [-0.25, -0.2) is 0 Å². The summed E-state index contributed by atoms with van der Waals surface area (Å²) >= 11 is 3.27. The van der Waals surface area contributed by atoms with E-state index in [9.17, 15) is 4.79 Å². The second kappa shape index (κ2) is 10.1. The largest absolute Gasteiger partial charge is 0.493 e. The van der Waals surface area contributed by atoms with Crippen LogP contribution in [-0.2, 0) is 17.9 Å². The number of benzene rings is 1. The molecule has 146 valence electrons. The first-order valence-corrected chi connectivity index (χ1v) is 10.8. The molecule has 0 saturated heterocycles. The molecular weight excluding hydrogens is 390 g/mol. The smallest absolute Gasteiger partial charge is 0.246 e. The van der Waals surface area contributed by atoms with Crippen molar-refractivity contribution in [3.05, 3.63) is 74.6 Å². The van der Waals surface area contributed by atoms with Gasteiger partial charge in [-0.3, -0.25) is 4.79 Å². The van der Waals surface area contributed by atoms with Crippen LogP contribution in [0.15, 0.2) is 59.3 Å². The summed E-state index contributed by atoms with van der Waals surface area (Å²) in [6, 6.07) is 13.8. The number of hydrogen-bond donors (Lipinski definition) is 0. The molecule has 0 aliphatic carbocycles. The van der Waals surface area contributed by atoms with E-state index in [1.807, 2.05) is 66.2 Å². The van der Waals surface area contributed by atoms with Crippen LogP contribution in [0.5, 0.6) is 11.5 Å². The summed E-state index contributed by atoms with van der Waals surface area (Å²) in [5.74, 6) is 1.37. The minimum Gasteiger partial charge on any atom is -0.493 e. The molecule has 3 aromatic rings. The van der Waals surface area contributed by atoms with Crippen LogP contribution in [0.1, 0.15) is 22.2 Å². The highest BCUT2D eigenvalue weighted by Gasteiger charge is 2.12. The molecule has 28 heavy (non-hydrogen) atoms. The van der Waals surface area contributed by atoms with Crippen molar-refractivity contribution >= 4 is 34.7 Å². The highest BCUT2D eigenvalue weighted by Crippen LogP contribution is 2.29. The molecule has 2 heterocycles. The number of thiophene rings is 2. The maximum atomic E-state index is 12.5. The molecular formula is C22H23NO3S2. The summed E-state index contributed by atoms with van der Waals surface area (Å²) in [5, 5.41) is 4.03. The minimum absolute atomic E-state index is 0.00658. The highest BCUT2D eigenvalue weighted by molar-refractivity contribution is 7.10. The van der Waals surface area contributed by atoms with E-state index in [-0.39, 0.29) is 5.91 Å². The molecule has 0 unspecified atom stereocenters. The van der Waals surface area contributed by atoms with Gasteiger partial charge in [0, 0.05) is 28.9 Å². The van der Waals surface area contributed by atoms with Crippen LogP contribution >= 0.6 is 22.7 Å². The SMILES string of the molecule is CCN(Cc1ccc(OCc2cccs2)c(OC)c1)C(=O)C=Cc1cccs1. The molecule has 0 aliphatic rings. The molecule has 0 fully saturated rings. The fraction of sp³-hybridized carbons (Fsp3) is 0.227. The number of rotatable bonds is 9. The molecule has 3 rings (SSSR count). The molecule has 1 amide bonds. The Balaban J connectivity index is 1.65. The highest BCUT2D eigenvalue weighted by atomic mass is 32.1. The first-order valence-electron chi connectivity index (χ1n) is 9.02. The number of carbonyl (C=O) groups is 1. The Bertz CT molecular complexity index is 902. The van der Waals surface area contributed by atoms with Gasteiger partial charge < -0.3 is 14.4 Å². The molecule has 4 nitrogen and oxygen atoms in total. The topological polar surface area (TPSA) is 38.8 Å². The van der Waals surface area contributed by atoms with E-state index < -0.39 is 0 Å². The lowest BCUT2D eigenvalue weighted by Gasteiger charge is -2.20. The van der Waals surface area contributed by atoms with Crippen molar-refractivity contribution in [2.75, 3.05) is 13.7 Å². The fourth-order valence-corrected chi connectivity index (χ4v) is 3.92. The normalized spacial score (nSPS) is 10.9. The van der Waals surface area contributed by atoms with Gasteiger partial charge in [0.15, 0.2) is 11.5 Å². The number of methoxy groups -OCH3 is 1. The van der Waals surface area contributed by atoms with Crippen molar-refractivity contribution in [1.82, 2.24) is 4.90 Å². The number of carbonyl (C=O) groups excluding carboxylic acids is 1. The Labute approximate surface area is 173 Å². The van der Waals surface area contributed by atoms with Gasteiger partial charge in [-0.15, -0.1) is 22.7 Å². The van der Waals surface area contributed by atoms with Crippen molar-refractivity contribution in [1.29, 1.82) is 0 Å². The summed E-state index contributed by atoms with van der Waals surface area (Å²) in [6.07, 6.45) is 3.49. The average Bonchev–Trinajstić information content (AvgIpc) is 3.43. The summed E-state index contributed by atoms with van der Waals surface area (Å²) in [5.41, 5.74) is 1.00. The lowest BCUT2D eigenvalue weighted by atomic mass is 10.2. The molecule has 0 saturated carbocycles. The first kappa shape index (κ1) is 20.2. The number of ether oxygens (including phenoxy) is 2. The summed E-state index contributed by atoms with van der Waals surface area (Å²) in [7, 11) is 1.63. The predicted octanol–water partition coefficient (Wildman–Crippen LogP) is 5.46. The van der Waals surface area contributed by atoms with Crippen LogP contribution in [-0.4, -0.2) is 24.5 Å². The van der Waals surface area contributed by atoms with E-state index >= 15 is 0 Å². The van der Waals surface area contributed by atoms with Gasteiger partial charge in [0.25, 0.3) is 0 Å². The number of hydrogen-bond acceptors (Lipinski definition) is 5. The molecule has 0 atom stereocenters. The molecule has 0 radical (unpaired) electrons. The third kappa shape index (κ3) is 5.47. The molecule has 0 bridgehead atoms. The summed E-state index contributed by atoms with van der Waals surface area (Å²) in [4.78, 5) is 16.5. The van der Waals surface area contributed by atoms with Crippen LogP contribution in [0.4, 0.5) is 0 Å². The van der Waals surface area contributed by atoms with Gasteiger partial charge in [-0.2, -0.15) is 0 Å². The van der Waals surface area contributed by atoms with Gasteiger partial charge in [0.2, 0.25) is 5.91 Å². The fourth-order valence-electron chi connectivity index (χ4n) is 2.68. The number of amides is 1. The third-order valence-corrected chi connectivity index (χ3v) is 5.87. The Morgan fingerprint density at radius 2 is 1.93 bits per heavy atom. The zero-order valence-corrected chi connectivity index (χ0v) is 17.6. The van der Waals surface area contributed by atoms with Crippen molar-refractivity contribution in [2.45, 2.75) is 20.1 Å². The molecule has 2 aromatic heterocycles. The van der Waals surface area contributed by atoms with E-state index in [2.05, 4.69) is 0 Å². The Morgan fingerprint density at radius 3 is 2.61 bits per heavy atom. The molecule has 1 aromatic carbocycles. The zero-order valence-electron chi connectivity index (χ0n) is 16.0. The standard InChI is InChI=1S/C22H23NO3S2/c1-3-23(22(24)11-9-18-6-4-12-27-18)15-17-8-10-20(21(14-17)25-2)26-16-19-7-5-13-28-19/h4-14H,3,15-16H2,1-2H3. The van der Waals surface area contributed by atoms with Crippen LogP contribution in [0.3, 0.4) is 0 Å². The van der Waals surface area contributed by atoms with Crippen LogP contribution in [0, 0.1) is 0 Å². The van der Waals surface area contributed by atoms with E-state index in [0.717, 1.165) is 15.3 Å². The van der Waals surface area contributed by atoms with Crippen molar-refractivity contribution in [2.24, 2.45) is 0 Å². The molecule has 0 N–H and O–H groups in total. The monoisotopic (exact) mass is 413 g/mol. The van der Waals surface area contributed by atoms with Crippen LogP contribution < -0.4 is 9.47 Å². The van der Waals surface area contributed by atoms with Crippen LogP contribution in [0.2, 0.25) is 0 Å². The van der Waals surface area contributed by atoms with Gasteiger partial charge in [-0.05, 0) is 53.6 Å². The Hall–Kier alpha value is -2.57. The number of likely N-dealkylation sites (N-methyl/N-ethyl adjacent to an activating group) is 1. The lowest BCUT2D eigenvalue weighted by molar-refractivity contribution is -0.126. The first-order chi connectivity index (χ1) is 13.7. The quantitative estimate of drug-likeness (QED) is 0.437. The maximum absolute atomic E-state index is 12.5. The minimum atomic E-state index is -0.00658. The van der Waals surface area contributed by atoms with Gasteiger partial charge in [0.05, 0.1) is 7.11 Å². The zero-order chi connectivity index (χ0) is 19.8. The summed E-state index contributed by atoms with van der Waals surface area (Å²) < 4.78 is 11.4. The Morgan fingerprint density at radius 1 is 1.11 bits per heavy atom. The third-order valence-electron chi connectivity index (χ3n) is 4.18. The lowest BCUT2D eigenvalue weighted by Crippen LogP contribution is -2.28. The second-order valence-corrected chi connectivity index (χ2v) is 8.07. The van der Waals surface area contributed by atoms with Gasteiger partial charge in [0.1, 0.15) is 6.61 Å². The molecule has 6 heteroatoms. The van der Waals surface area contributed by atoms with Crippen LogP contribution in [0.25, 0.3) is 6.08 Å². The number of nitrogens with zero attached hydrogens (tertiary/aromatic N) is 1. The van der Waals surface area contributed by atoms with E-state index in [1.54, 1.807) is 40.8 Å². The van der Waals surface area contributed by atoms with Crippen molar-refractivity contribution < 1.29 is 14.3 Å². The summed E-state index contributed by atoms with van der Waals surface area (Å²) in [6.45, 7) is 3.64. The molecule has 0 aliphatic heterocycles. The Kier molecular flexibility index (Phi) is 7.28. The van der Waals surface area contributed by atoms with Crippen molar-refractivity contribution in [3.8, 4) is 11.5 Å². The van der Waals surface area contributed by atoms with Gasteiger partial charge in [-0.1, -0.05) is 18.2 Å². The van der Waals surface area contributed by atoms with Crippen molar-refractivity contribution in [3.63, 3.8) is 0 Å². The van der Waals surface area contributed by atoms with E-state index in [0.29, 0.717) is 31.2 Å². The van der Waals surface area contributed by atoms with E-state index in [4.69, 9.17) is 9.47 Å². The maximum Gasteiger partial charge on any atom is 0.246 e. The second-order valence-electron chi connectivity index (χ2n) is 6.05. The van der Waals surface area contributed by atoms with Gasteiger partial charge >= 0.3 is 0 Å². The molecule has 0 spiro atoms. The predicted molar refractivity (Wildman–Crippen MR) is 116 cm³/mol. The average molecular weight is 414 g/mol. The van der Waals surface area contributed by atoms with E-state index in [1.165, 1.54) is 0 Å².